The van der Waals surface area contributed by atoms with E-state index in [0.717, 1.165) is 5.69 Å². The van der Waals surface area contributed by atoms with Gasteiger partial charge in [-0.25, -0.2) is 9.37 Å². The molecule has 1 aromatic carbocycles. The molecule has 9 heteroatoms. The third-order valence-corrected chi connectivity index (χ3v) is 5.85. The number of carbonyl (C=O) groups is 2. The summed E-state index contributed by atoms with van der Waals surface area (Å²) in [7, 11) is 1.49. The van der Waals surface area contributed by atoms with Crippen molar-refractivity contribution in [3.05, 3.63) is 58.6 Å². The van der Waals surface area contributed by atoms with E-state index in [1.54, 1.807) is 35.4 Å². The molecule has 1 N–H and O–H groups in total. The Labute approximate surface area is 190 Å². The topological polar surface area (TPSA) is 75.9 Å². The van der Waals surface area contributed by atoms with E-state index in [9.17, 15) is 9.59 Å². The largest absolute Gasteiger partial charge is 0.374 e. The van der Waals surface area contributed by atoms with Gasteiger partial charge in [0, 0.05) is 61.4 Å². The summed E-state index contributed by atoms with van der Waals surface area (Å²) in [4.78, 5) is 30.5. The Bertz CT molecular complexity index is 1180. The minimum Gasteiger partial charge on any atom is -0.374 e. The van der Waals surface area contributed by atoms with E-state index < -0.39 is 5.82 Å². The number of rotatable bonds is 5. The first-order chi connectivity index (χ1) is 15.4. The number of hydrogen-bond donors (Lipinski definition) is 1. The first-order valence-corrected chi connectivity index (χ1v) is 10.9. The summed E-state index contributed by atoms with van der Waals surface area (Å²) in [5, 5.41) is 3.01. The number of ether oxygens (including phenoxy) is 1. The summed E-state index contributed by atoms with van der Waals surface area (Å²) >= 11 is 6.15. The van der Waals surface area contributed by atoms with E-state index in [2.05, 4.69) is 10.3 Å². The molecule has 0 bridgehead atoms. The molecule has 0 saturated carbocycles. The number of aromatic nitrogens is 2. The standard InChI is InChI=1S/C23H24ClFN4O3/c1-3-21(30)28-8-9-32-16(13-28)12-19-22(27-20-11-15(24)6-7-29(19)20)17-5-4-14(10-18(17)25)23(31)26-2/h4-7,10-11,16H,3,8-9,12-13H2,1-2H3,(H,26,31). The van der Waals surface area contributed by atoms with Crippen molar-refractivity contribution in [2.24, 2.45) is 0 Å². The van der Waals surface area contributed by atoms with E-state index >= 15 is 4.39 Å². The van der Waals surface area contributed by atoms with Crippen LogP contribution in [0.1, 0.15) is 29.4 Å². The number of carbonyl (C=O) groups excluding carboxylic acids is 2. The van der Waals surface area contributed by atoms with Crippen LogP contribution in [-0.4, -0.2) is 58.9 Å². The van der Waals surface area contributed by atoms with Crippen LogP contribution in [0.5, 0.6) is 0 Å². The third-order valence-electron chi connectivity index (χ3n) is 5.62. The lowest BCUT2D eigenvalue weighted by atomic mass is 10.0. The lowest BCUT2D eigenvalue weighted by Crippen LogP contribution is -2.46. The third kappa shape index (κ3) is 4.33. The van der Waals surface area contributed by atoms with Crippen LogP contribution < -0.4 is 5.32 Å². The lowest BCUT2D eigenvalue weighted by Gasteiger charge is -2.33. The molecule has 7 nitrogen and oxygen atoms in total. The Morgan fingerprint density at radius 2 is 2.12 bits per heavy atom. The number of amides is 2. The molecule has 2 aromatic heterocycles. The number of imidazole rings is 1. The van der Waals surface area contributed by atoms with Gasteiger partial charge in [0.15, 0.2) is 0 Å². The number of hydrogen-bond acceptors (Lipinski definition) is 4. The van der Waals surface area contributed by atoms with Crippen LogP contribution >= 0.6 is 11.6 Å². The molecule has 3 aromatic rings. The Balaban J connectivity index is 1.74. The molecule has 2 amide bonds. The van der Waals surface area contributed by atoms with E-state index in [4.69, 9.17) is 16.3 Å². The van der Waals surface area contributed by atoms with Crippen molar-refractivity contribution >= 4 is 29.1 Å². The zero-order chi connectivity index (χ0) is 22.8. The average Bonchev–Trinajstić information content (AvgIpc) is 3.14. The van der Waals surface area contributed by atoms with Crippen LogP contribution in [0.25, 0.3) is 16.9 Å². The fourth-order valence-corrected chi connectivity index (χ4v) is 4.14. The van der Waals surface area contributed by atoms with Gasteiger partial charge in [0.25, 0.3) is 5.91 Å². The van der Waals surface area contributed by atoms with E-state index in [1.807, 2.05) is 11.3 Å². The van der Waals surface area contributed by atoms with Crippen molar-refractivity contribution in [3.63, 3.8) is 0 Å². The van der Waals surface area contributed by atoms with Gasteiger partial charge in [-0.15, -0.1) is 0 Å². The van der Waals surface area contributed by atoms with Crippen molar-refractivity contribution in [1.82, 2.24) is 19.6 Å². The second-order valence-electron chi connectivity index (χ2n) is 7.64. The zero-order valence-corrected chi connectivity index (χ0v) is 18.7. The fraction of sp³-hybridized carbons (Fsp3) is 0.348. The van der Waals surface area contributed by atoms with Crippen molar-refractivity contribution in [2.75, 3.05) is 26.7 Å². The summed E-state index contributed by atoms with van der Waals surface area (Å²) in [6.07, 6.45) is 2.41. The van der Waals surface area contributed by atoms with Crippen LogP contribution in [0.3, 0.4) is 0 Å². The quantitative estimate of drug-likeness (QED) is 0.636. The van der Waals surface area contributed by atoms with Crippen LogP contribution in [0.4, 0.5) is 4.39 Å². The van der Waals surface area contributed by atoms with Crippen molar-refractivity contribution in [3.8, 4) is 11.3 Å². The van der Waals surface area contributed by atoms with Gasteiger partial charge in [-0.1, -0.05) is 18.5 Å². The van der Waals surface area contributed by atoms with Gasteiger partial charge in [0.05, 0.1) is 24.1 Å². The highest BCUT2D eigenvalue weighted by molar-refractivity contribution is 6.30. The minimum atomic E-state index is -0.547. The number of pyridine rings is 1. The molecule has 0 radical (unpaired) electrons. The SMILES string of the molecule is CCC(=O)N1CCOC(Cc2c(-c3ccc(C(=O)NC)cc3F)nc3cc(Cl)ccn23)C1. The van der Waals surface area contributed by atoms with Gasteiger partial charge in [-0.05, 0) is 24.3 Å². The molecule has 1 unspecified atom stereocenters. The van der Waals surface area contributed by atoms with Gasteiger partial charge in [-0.3, -0.25) is 9.59 Å². The summed E-state index contributed by atoms with van der Waals surface area (Å²) in [6.45, 7) is 3.31. The van der Waals surface area contributed by atoms with Gasteiger partial charge < -0.3 is 19.4 Å². The average molecular weight is 459 g/mol. The van der Waals surface area contributed by atoms with Crippen LogP contribution in [0.2, 0.25) is 5.02 Å². The van der Waals surface area contributed by atoms with Crippen molar-refractivity contribution in [1.29, 1.82) is 0 Å². The minimum absolute atomic E-state index is 0.0827. The predicted octanol–water partition coefficient (Wildman–Crippen LogP) is 3.33. The first kappa shape index (κ1) is 22.2. The molecular weight excluding hydrogens is 435 g/mol. The maximum atomic E-state index is 15.1. The monoisotopic (exact) mass is 458 g/mol. The smallest absolute Gasteiger partial charge is 0.251 e. The highest BCUT2D eigenvalue weighted by Gasteiger charge is 2.27. The molecule has 1 saturated heterocycles. The van der Waals surface area contributed by atoms with E-state index in [-0.39, 0.29) is 29.0 Å². The molecule has 0 spiro atoms. The second-order valence-corrected chi connectivity index (χ2v) is 8.08. The molecule has 0 aliphatic carbocycles. The summed E-state index contributed by atoms with van der Waals surface area (Å²) < 4.78 is 22.9. The molecule has 32 heavy (non-hydrogen) atoms. The Kier molecular flexibility index (Phi) is 6.43. The Hall–Kier alpha value is -2.97. The highest BCUT2D eigenvalue weighted by Crippen LogP contribution is 2.30. The van der Waals surface area contributed by atoms with Crippen LogP contribution in [0.15, 0.2) is 36.5 Å². The van der Waals surface area contributed by atoms with Crippen molar-refractivity contribution < 1.29 is 18.7 Å². The molecule has 4 rings (SSSR count). The van der Waals surface area contributed by atoms with Crippen LogP contribution in [-0.2, 0) is 16.0 Å². The summed E-state index contributed by atoms with van der Waals surface area (Å²) in [6, 6.07) is 7.77. The Morgan fingerprint density at radius 1 is 1.31 bits per heavy atom. The number of nitrogens with zero attached hydrogens (tertiary/aromatic N) is 3. The number of benzene rings is 1. The van der Waals surface area contributed by atoms with E-state index in [1.165, 1.54) is 13.1 Å². The lowest BCUT2D eigenvalue weighted by molar-refractivity contribution is -0.138. The van der Waals surface area contributed by atoms with Crippen molar-refractivity contribution in [2.45, 2.75) is 25.9 Å². The highest BCUT2D eigenvalue weighted by atomic mass is 35.5. The molecule has 1 aliphatic rings. The number of halogens is 2. The van der Waals surface area contributed by atoms with Crippen LogP contribution in [0, 0.1) is 5.82 Å². The maximum absolute atomic E-state index is 15.1. The number of morpholine rings is 1. The van der Waals surface area contributed by atoms with Gasteiger partial charge in [0.2, 0.25) is 5.91 Å². The molecule has 3 heterocycles. The molecule has 168 valence electrons. The second kappa shape index (κ2) is 9.26. The predicted molar refractivity (Wildman–Crippen MR) is 119 cm³/mol. The number of fused-ring (bicyclic) bond motifs is 1. The summed E-state index contributed by atoms with van der Waals surface area (Å²) in [5.41, 5.74) is 2.29. The number of nitrogens with one attached hydrogen (secondary N) is 1. The van der Waals surface area contributed by atoms with E-state index in [0.29, 0.717) is 48.9 Å². The summed E-state index contributed by atoms with van der Waals surface area (Å²) in [5.74, 6) is -0.831. The fourth-order valence-electron chi connectivity index (χ4n) is 3.98. The molecular formula is C23H24ClFN4O3. The zero-order valence-electron chi connectivity index (χ0n) is 17.9. The molecule has 1 fully saturated rings. The van der Waals surface area contributed by atoms with Gasteiger partial charge >= 0.3 is 0 Å². The van der Waals surface area contributed by atoms with Gasteiger partial charge in [-0.2, -0.15) is 0 Å². The normalized spacial score (nSPS) is 16.4. The molecule has 1 atom stereocenters. The van der Waals surface area contributed by atoms with Gasteiger partial charge in [0.1, 0.15) is 11.5 Å². The Morgan fingerprint density at radius 3 is 2.84 bits per heavy atom. The molecule has 1 aliphatic heterocycles. The maximum Gasteiger partial charge on any atom is 0.251 e. The first-order valence-electron chi connectivity index (χ1n) is 10.5.